The molecule has 0 aliphatic rings. The Hall–Kier alpha value is -1.85. The predicted octanol–water partition coefficient (Wildman–Crippen LogP) is 2.62. The van der Waals surface area contributed by atoms with Gasteiger partial charge in [-0.1, -0.05) is 11.6 Å². The molecule has 0 aliphatic carbocycles. The number of anilines is 1. The number of nitrogens with zero attached hydrogens (tertiary/aromatic N) is 1. The van der Waals surface area contributed by atoms with E-state index in [1.807, 2.05) is 19.1 Å². The molecular weight excluding hydrogens is 266 g/mol. The zero-order chi connectivity index (χ0) is 13.7. The number of aromatic nitrogens is 1. The molecule has 0 bridgehead atoms. The summed E-state index contributed by atoms with van der Waals surface area (Å²) in [5, 5.41) is 6.01. The third-order valence-electron chi connectivity index (χ3n) is 2.57. The summed E-state index contributed by atoms with van der Waals surface area (Å²) in [6.45, 7) is 2.08. The van der Waals surface area contributed by atoms with Gasteiger partial charge in [0.1, 0.15) is 5.76 Å². The lowest BCUT2D eigenvalue weighted by Crippen LogP contribution is -2.30. The SMILES string of the molecule is C[C@@H](NCC(=O)Nc1cccnc1Cl)c1ccco1. The number of pyridine rings is 1. The van der Waals surface area contributed by atoms with Gasteiger partial charge in [0, 0.05) is 6.20 Å². The van der Waals surface area contributed by atoms with Crippen LogP contribution in [0.2, 0.25) is 5.15 Å². The Bertz CT molecular complexity index is 543. The average molecular weight is 280 g/mol. The molecule has 0 unspecified atom stereocenters. The van der Waals surface area contributed by atoms with Crippen LogP contribution in [0.25, 0.3) is 0 Å². The van der Waals surface area contributed by atoms with E-state index in [1.54, 1.807) is 24.6 Å². The molecule has 0 aliphatic heterocycles. The second kappa shape index (κ2) is 6.36. The quantitative estimate of drug-likeness (QED) is 0.826. The van der Waals surface area contributed by atoms with Gasteiger partial charge in [0.05, 0.1) is 24.5 Å². The predicted molar refractivity (Wildman–Crippen MR) is 73.0 cm³/mol. The highest BCUT2D eigenvalue weighted by atomic mass is 35.5. The molecule has 1 atom stereocenters. The lowest BCUT2D eigenvalue weighted by Gasteiger charge is -2.11. The van der Waals surface area contributed by atoms with E-state index in [0.717, 1.165) is 5.76 Å². The number of carbonyl (C=O) groups excluding carboxylic acids is 1. The first-order valence-electron chi connectivity index (χ1n) is 5.84. The molecule has 1 amide bonds. The minimum atomic E-state index is -0.187. The van der Waals surface area contributed by atoms with Crippen LogP contribution in [-0.4, -0.2) is 17.4 Å². The van der Waals surface area contributed by atoms with Gasteiger partial charge in [-0.25, -0.2) is 4.98 Å². The molecule has 0 aromatic carbocycles. The monoisotopic (exact) mass is 279 g/mol. The lowest BCUT2D eigenvalue weighted by molar-refractivity contribution is -0.115. The van der Waals surface area contributed by atoms with Gasteiger partial charge in [-0.3, -0.25) is 10.1 Å². The van der Waals surface area contributed by atoms with Crippen molar-refractivity contribution in [2.75, 3.05) is 11.9 Å². The molecule has 0 fully saturated rings. The number of carbonyl (C=O) groups is 1. The standard InChI is InChI=1S/C13H14ClN3O2/c1-9(11-5-3-7-19-11)16-8-12(18)17-10-4-2-6-15-13(10)14/h2-7,9,16H,8H2,1H3,(H,17,18)/t9-/m1/s1. The number of furan rings is 1. The van der Waals surface area contributed by atoms with Crippen molar-refractivity contribution in [3.63, 3.8) is 0 Å². The number of amides is 1. The summed E-state index contributed by atoms with van der Waals surface area (Å²) >= 11 is 5.85. The Morgan fingerprint density at radius 2 is 2.32 bits per heavy atom. The van der Waals surface area contributed by atoms with Crippen LogP contribution in [0.3, 0.4) is 0 Å². The highest BCUT2D eigenvalue weighted by Crippen LogP contribution is 2.17. The number of nitrogens with one attached hydrogen (secondary N) is 2. The fourth-order valence-corrected chi connectivity index (χ4v) is 1.72. The summed E-state index contributed by atoms with van der Waals surface area (Å²) in [6.07, 6.45) is 3.16. The van der Waals surface area contributed by atoms with Gasteiger partial charge in [0.2, 0.25) is 5.91 Å². The fraction of sp³-hybridized carbons (Fsp3) is 0.231. The molecule has 2 aromatic heterocycles. The molecule has 19 heavy (non-hydrogen) atoms. The fourth-order valence-electron chi connectivity index (χ4n) is 1.56. The smallest absolute Gasteiger partial charge is 0.238 e. The van der Waals surface area contributed by atoms with Crippen LogP contribution in [0.4, 0.5) is 5.69 Å². The highest BCUT2D eigenvalue weighted by molar-refractivity contribution is 6.32. The highest BCUT2D eigenvalue weighted by Gasteiger charge is 2.10. The van der Waals surface area contributed by atoms with E-state index in [1.165, 1.54) is 0 Å². The van der Waals surface area contributed by atoms with Crippen molar-refractivity contribution >= 4 is 23.2 Å². The normalized spacial score (nSPS) is 12.1. The number of halogens is 1. The lowest BCUT2D eigenvalue weighted by atomic mass is 10.2. The van der Waals surface area contributed by atoms with Crippen LogP contribution in [0.15, 0.2) is 41.1 Å². The maximum atomic E-state index is 11.7. The van der Waals surface area contributed by atoms with Crippen LogP contribution < -0.4 is 10.6 Å². The van der Waals surface area contributed by atoms with E-state index in [4.69, 9.17) is 16.0 Å². The molecule has 2 heterocycles. The molecule has 0 saturated heterocycles. The molecule has 6 heteroatoms. The van der Waals surface area contributed by atoms with Crippen LogP contribution in [0, 0.1) is 0 Å². The molecule has 0 spiro atoms. The maximum Gasteiger partial charge on any atom is 0.238 e. The van der Waals surface area contributed by atoms with E-state index < -0.39 is 0 Å². The first-order valence-corrected chi connectivity index (χ1v) is 6.22. The molecule has 0 radical (unpaired) electrons. The Morgan fingerprint density at radius 1 is 1.47 bits per heavy atom. The van der Waals surface area contributed by atoms with Crippen LogP contribution in [0.1, 0.15) is 18.7 Å². The molecule has 2 rings (SSSR count). The molecule has 5 nitrogen and oxygen atoms in total. The van der Waals surface area contributed by atoms with Crippen molar-refractivity contribution in [2.24, 2.45) is 0 Å². The van der Waals surface area contributed by atoms with Crippen LogP contribution >= 0.6 is 11.6 Å². The average Bonchev–Trinajstić information content (AvgIpc) is 2.93. The largest absolute Gasteiger partial charge is 0.468 e. The Balaban J connectivity index is 1.84. The molecule has 2 N–H and O–H groups in total. The second-order valence-corrected chi connectivity index (χ2v) is 4.37. The Labute approximate surface area is 116 Å². The summed E-state index contributed by atoms with van der Waals surface area (Å²) in [5.74, 6) is 0.598. The summed E-state index contributed by atoms with van der Waals surface area (Å²) in [4.78, 5) is 15.6. The number of hydrogen-bond donors (Lipinski definition) is 2. The minimum Gasteiger partial charge on any atom is -0.468 e. The summed E-state index contributed by atoms with van der Waals surface area (Å²) < 4.78 is 5.24. The van der Waals surface area contributed by atoms with Crippen molar-refractivity contribution in [3.8, 4) is 0 Å². The van der Waals surface area contributed by atoms with Gasteiger partial charge < -0.3 is 9.73 Å². The van der Waals surface area contributed by atoms with Gasteiger partial charge in [-0.2, -0.15) is 0 Å². The van der Waals surface area contributed by atoms with Crippen molar-refractivity contribution in [3.05, 3.63) is 47.6 Å². The van der Waals surface area contributed by atoms with Crippen molar-refractivity contribution in [2.45, 2.75) is 13.0 Å². The van der Waals surface area contributed by atoms with Gasteiger partial charge >= 0.3 is 0 Å². The van der Waals surface area contributed by atoms with Gasteiger partial charge in [-0.05, 0) is 31.2 Å². The zero-order valence-electron chi connectivity index (χ0n) is 10.4. The van der Waals surface area contributed by atoms with E-state index in [9.17, 15) is 4.79 Å². The maximum absolute atomic E-state index is 11.7. The third kappa shape index (κ3) is 3.81. The Morgan fingerprint density at radius 3 is 3.00 bits per heavy atom. The molecule has 2 aromatic rings. The number of rotatable bonds is 5. The van der Waals surface area contributed by atoms with Crippen LogP contribution in [0.5, 0.6) is 0 Å². The molecule has 100 valence electrons. The van der Waals surface area contributed by atoms with Crippen molar-refractivity contribution in [1.82, 2.24) is 10.3 Å². The summed E-state index contributed by atoms with van der Waals surface area (Å²) in [7, 11) is 0. The van der Waals surface area contributed by atoms with Gasteiger partial charge in [0.25, 0.3) is 0 Å². The first-order chi connectivity index (χ1) is 9.16. The minimum absolute atomic E-state index is 0.0369. The number of hydrogen-bond acceptors (Lipinski definition) is 4. The Kier molecular flexibility index (Phi) is 4.54. The summed E-state index contributed by atoms with van der Waals surface area (Å²) in [5.41, 5.74) is 0.501. The van der Waals surface area contributed by atoms with E-state index in [-0.39, 0.29) is 23.6 Å². The van der Waals surface area contributed by atoms with Crippen molar-refractivity contribution in [1.29, 1.82) is 0 Å². The third-order valence-corrected chi connectivity index (χ3v) is 2.87. The molecular formula is C13H14ClN3O2. The molecule has 0 saturated carbocycles. The van der Waals surface area contributed by atoms with Gasteiger partial charge in [0.15, 0.2) is 5.15 Å². The van der Waals surface area contributed by atoms with E-state index >= 15 is 0 Å². The van der Waals surface area contributed by atoms with Gasteiger partial charge in [-0.15, -0.1) is 0 Å². The zero-order valence-corrected chi connectivity index (χ0v) is 11.1. The van der Waals surface area contributed by atoms with Crippen molar-refractivity contribution < 1.29 is 9.21 Å². The second-order valence-electron chi connectivity index (χ2n) is 4.01. The van der Waals surface area contributed by atoms with E-state index in [2.05, 4.69) is 15.6 Å². The van der Waals surface area contributed by atoms with E-state index in [0.29, 0.717) is 5.69 Å². The van der Waals surface area contributed by atoms with Crippen LogP contribution in [-0.2, 0) is 4.79 Å². The topological polar surface area (TPSA) is 67.2 Å². The first kappa shape index (κ1) is 13.6. The summed E-state index contributed by atoms with van der Waals surface area (Å²) in [6, 6.07) is 7.03.